The molecule has 3 rings (SSSR count). The fourth-order valence-electron chi connectivity index (χ4n) is 2.88. The highest BCUT2D eigenvalue weighted by Crippen LogP contribution is 2.35. The average Bonchev–Trinajstić information content (AvgIpc) is 2.80. The number of benzene rings is 3. The quantitative estimate of drug-likeness (QED) is 0.327. The molecule has 0 aromatic heterocycles. The normalized spacial score (nSPS) is 11.1. The molecule has 0 aliphatic rings. The number of para-hydroxylation sites is 1. The van der Waals surface area contributed by atoms with Gasteiger partial charge in [0.05, 0.1) is 30.1 Å². The molecule has 0 saturated carbocycles. The number of hydrogen-bond donors (Lipinski definition) is 2. The van der Waals surface area contributed by atoms with Gasteiger partial charge in [-0.15, -0.1) is 0 Å². The molecule has 0 fully saturated rings. The number of nitrogens with one attached hydrogen (secondary N) is 2. The highest BCUT2D eigenvalue weighted by atomic mass is 35.5. The van der Waals surface area contributed by atoms with Crippen LogP contribution in [0.15, 0.2) is 66.7 Å². The molecule has 180 valence electrons. The molecule has 0 aliphatic heterocycles. The Hall–Kier alpha value is -3.43. The molecule has 0 saturated heterocycles. The lowest BCUT2D eigenvalue weighted by Crippen LogP contribution is -2.23. The maximum atomic E-state index is 13.2. The van der Waals surface area contributed by atoms with Crippen molar-refractivity contribution >= 4 is 28.9 Å². The van der Waals surface area contributed by atoms with E-state index < -0.39 is 17.6 Å². The lowest BCUT2D eigenvalue weighted by Gasteiger charge is -2.16. The maximum Gasteiger partial charge on any atom is 0.416 e. The standard InChI is InChI=1S/C24H22ClF3N2O4/c1-32-11-12-33-21-9-7-16(24(26,27)28)13-20(21)30-23(31)15-29-19-14-17(25)8-10-22(19)34-18-5-3-2-4-6-18/h2-10,13-14,29H,11-12,15H2,1H3,(H,30,31). The number of alkyl halides is 3. The fourth-order valence-corrected chi connectivity index (χ4v) is 3.05. The molecular formula is C24H22ClF3N2O4. The van der Waals surface area contributed by atoms with Crippen molar-refractivity contribution in [2.45, 2.75) is 6.18 Å². The Morgan fingerprint density at radius 1 is 0.941 bits per heavy atom. The number of anilines is 2. The molecule has 0 bridgehead atoms. The van der Waals surface area contributed by atoms with Crippen LogP contribution in [0.4, 0.5) is 24.5 Å². The molecule has 2 N–H and O–H groups in total. The molecule has 3 aromatic carbocycles. The third-order valence-electron chi connectivity index (χ3n) is 4.48. The van der Waals surface area contributed by atoms with Gasteiger partial charge in [0, 0.05) is 12.1 Å². The number of carbonyl (C=O) groups excluding carboxylic acids is 1. The summed E-state index contributed by atoms with van der Waals surface area (Å²) in [6.45, 7) is 0.0693. The van der Waals surface area contributed by atoms with Crippen LogP contribution < -0.4 is 20.1 Å². The molecule has 1 amide bonds. The van der Waals surface area contributed by atoms with E-state index in [-0.39, 0.29) is 31.2 Å². The zero-order valence-electron chi connectivity index (χ0n) is 18.1. The monoisotopic (exact) mass is 494 g/mol. The molecule has 0 heterocycles. The van der Waals surface area contributed by atoms with Gasteiger partial charge in [-0.05, 0) is 48.5 Å². The van der Waals surface area contributed by atoms with E-state index in [9.17, 15) is 18.0 Å². The number of amides is 1. The van der Waals surface area contributed by atoms with Gasteiger partial charge in [0.1, 0.15) is 18.1 Å². The van der Waals surface area contributed by atoms with Gasteiger partial charge in [-0.3, -0.25) is 4.79 Å². The van der Waals surface area contributed by atoms with Gasteiger partial charge in [0.25, 0.3) is 0 Å². The van der Waals surface area contributed by atoms with E-state index in [4.69, 9.17) is 25.8 Å². The summed E-state index contributed by atoms with van der Waals surface area (Å²) in [5, 5.41) is 5.78. The van der Waals surface area contributed by atoms with Gasteiger partial charge >= 0.3 is 6.18 Å². The van der Waals surface area contributed by atoms with E-state index in [1.807, 2.05) is 18.2 Å². The third-order valence-corrected chi connectivity index (χ3v) is 4.71. The first-order valence-corrected chi connectivity index (χ1v) is 10.5. The molecule has 0 radical (unpaired) electrons. The molecule has 34 heavy (non-hydrogen) atoms. The fraction of sp³-hybridized carbons (Fsp3) is 0.208. The van der Waals surface area contributed by atoms with Gasteiger partial charge in [-0.25, -0.2) is 0 Å². The van der Waals surface area contributed by atoms with Gasteiger partial charge in [-0.2, -0.15) is 13.2 Å². The van der Waals surface area contributed by atoms with E-state index >= 15 is 0 Å². The number of ether oxygens (including phenoxy) is 3. The summed E-state index contributed by atoms with van der Waals surface area (Å²) in [4.78, 5) is 12.6. The first-order chi connectivity index (χ1) is 16.3. The second-order valence-corrected chi connectivity index (χ2v) is 7.44. The van der Waals surface area contributed by atoms with Crippen LogP contribution >= 0.6 is 11.6 Å². The predicted molar refractivity (Wildman–Crippen MR) is 124 cm³/mol. The lowest BCUT2D eigenvalue weighted by molar-refractivity contribution is -0.137. The van der Waals surface area contributed by atoms with Crippen LogP contribution in [-0.2, 0) is 15.7 Å². The highest BCUT2D eigenvalue weighted by Gasteiger charge is 2.31. The summed E-state index contributed by atoms with van der Waals surface area (Å²) in [6, 6.07) is 16.7. The van der Waals surface area contributed by atoms with Gasteiger partial charge in [0.15, 0.2) is 5.75 Å². The molecule has 0 unspecified atom stereocenters. The van der Waals surface area contributed by atoms with Crippen LogP contribution in [0.2, 0.25) is 5.02 Å². The van der Waals surface area contributed by atoms with Crippen LogP contribution in [0, 0.1) is 0 Å². The van der Waals surface area contributed by atoms with E-state index in [0.29, 0.717) is 22.2 Å². The largest absolute Gasteiger partial charge is 0.489 e. The first kappa shape index (κ1) is 25.2. The zero-order chi connectivity index (χ0) is 24.6. The maximum absolute atomic E-state index is 13.2. The van der Waals surface area contributed by atoms with Crippen molar-refractivity contribution in [1.82, 2.24) is 0 Å². The second kappa shape index (κ2) is 11.6. The first-order valence-electron chi connectivity index (χ1n) is 10.2. The predicted octanol–water partition coefficient (Wildman–Crippen LogP) is 6.23. The topological polar surface area (TPSA) is 68.8 Å². The minimum absolute atomic E-state index is 0.0919. The molecule has 0 spiro atoms. The molecule has 10 heteroatoms. The summed E-state index contributed by atoms with van der Waals surface area (Å²) in [7, 11) is 1.47. The van der Waals surface area contributed by atoms with Crippen molar-refractivity contribution in [2.75, 3.05) is 37.5 Å². The minimum Gasteiger partial charge on any atom is -0.489 e. The van der Waals surface area contributed by atoms with Gasteiger partial charge < -0.3 is 24.8 Å². The lowest BCUT2D eigenvalue weighted by atomic mass is 10.1. The number of hydrogen-bond acceptors (Lipinski definition) is 5. The van der Waals surface area contributed by atoms with E-state index in [1.54, 1.807) is 30.3 Å². The van der Waals surface area contributed by atoms with Crippen LogP contribution in [0.3, 0.4) is 0 Å². The summed E-state index contributed by atoms with van der Waals surface area (Å²) < 4.78 is 55.7. The second-order valence-electron chi connectivity index (χ2n) is 7.01. The van der Waals surface area contributed by atoms with E-state index in [0.717, 1.165) is 18.2 Å². The zero-order valence-corrected chi connectivity index (χ0v) is 18.9. The Bertz CT molecular complexity index is 1110. The number of rotatable bonds is 10. The molecule has 3 aromatic rings. The Morgan fingerprint density at radius 2 is 1.68 bits per heavy atom. The number of carbonyl (C=O) groups is 1. The van der Waals surface area contributed by atoms with Gasteiger partial charge in [0.2, 0.25) is 5.91 Å². The number of methoxy groups -OCH3 is 1. The van der Waals surface area contributed by atoms with Crippen molar-refractivity contribution in [3.8, 4) is 17.2 Å². The van der Waals surface area contributed by atoms with Crippen molar-refractivity contribution < 1.29 is 32.2 Å². The van der Waals surface area contributed by atoms with Crippen LogP contribution in [-0.4, -0.2) is 32.8 Å². The average molecular weight is 495 g/mol. The van der Waals surface area contributed by atoms with Crippen LogP contribution in [0.5, 0.6) is 17.2 Å². The summed E-state index contributed by atoms with van der Waals surface area (Å²) in [6.07, 6.45) is -4.58. The van der Waals surface area contributed by atoms with Crippen LogP contribution in [0.1, 0.15) is 5.56 Å². The van der Waals surface area contributed by atoms with Crippen molar-refractivity contribution in [2.24, 2.45) is 0 Å². The van der Waals surface area contributed by atoms with Crippen LogP contribution in [0.25, 0.3) is 0 Å². The highest BCUT2D eigenvalue weighted by molar-refractivity contribution is 6.31. The molecule has 6 nitrogen and oxygen atoms in total. The Labute approximate surface area is 199 Å². The molecular weight excluding hydrogens is 473 g/mol. The summed E-state index contributed by atoms with van der Waals surface area (Å²) in [5.41, 5.74) is -0.583. The Morgan fingerprint density at radius 3 is 2.38 bits per heavy atom. The van der Waals surface area contributed by atoms with Crippen molar-refractivity contribution in [1.29, 1.82) is 0 Å². The van der Waals surface area contributed by atoms with E-state index in [2.05, 4.69) is 10.6 Å². The van der Waals surface area contributed by atoms with Gasteiger partial charge in [-0.1, -0.05) is 29.8 Å². The SMILES string of the molecule is COCCOc1ccc(C(F)(F)F)cc1NC(=O)CNc1cc(Cl)ccc1Oc1ccccc1. The molecule has 0 aliphatic carbocycles. The number of halogens is 4. The molecule has 0 atom stereocenters. The van der Waals surface area contributed by atoms with E-state index in [1.165, 1.54) is 7.11 Å². The van der Waals surface area contributed by atoms with Crippen molar-refractivity contribution in [3.63, 3.8) is 0 Å². The Kier molecular flexibility index (Phi) is 8.61. The third kappa shape index (κ3) is 7.29. The van der Waals surface area contributed by atoms with Crippen molar-refractivity contribution in [3.05, 3.63) is 77.3 Å². The Balaban J connectivity index is 1.73. The smallest absolute Gasteiger partial charge is 0.416 e. The summed E-state index contributed by atoms with van der Waals surface area (Å²) >= 11 is 6.08. The summed E-state index contributed by atoms with van der Waals surface area (Å²) in [5.74, 6) is 0.501. The minimum atomic E-state index is -4.58.